The molecule has 4 aliphatic rings. The number of esters is 4. The minimum Gasteiger partial charge on any atom is -0.469 e. The summed E-state index contributed by atoms with van der Waals surface area (Å²) in [7, 11) is 1.39. The highest BCUT2D eigenvalue weighted by Crippen LogP contribution is 2.63. The number of hydrogen-bond acceptors (Lipinski definition) is 8. The van der Waals surface area contributed by atoms with Crippen LogP contribution in [0.1, 0.15) is 79.1 Å². The first-order chi connectivity index (χ1) is 16.5. The van der Waals surface area contributed by atoms with E-state index < -0.39 is 5.60 Å². The van der Waals surface area contributed by atoms with Crippen molar-refractivity contribution in [3.8, 4) is 0 Å². The topological polar surface area (TPSA) is 105 Å². The van der Waals surface area contributed by atoms with E-state index in [0.29, 0.717) is 32.3 Å². The molecular formula is C27H40O8. The van der Waals surface area contributed by atoms with Crippen molar-refractivity contribution in [3.05, 3.63) is 0 Å². The van der Waals surface area contributed by atoms with Gasteiger partial charge in [-0.15, -0.1) is 0 Å². The van der Waals surface area contributed by atoms with Crippen LogP contribution in [-0.2, 0) is 38.1 Å². The van der Waals surface area contributed by atoms with E-state index in [0.717, 1.165) is 12.8 Å². The number of methoxy groups -OCH3 is 1. The third-order valence-corrected chi connectivity index (χ3v) is 9.99. The summed E-state index contributed by atoms with van der Waals surface area (Å²) in [5, 5.41) is 0. The average molecular weight is 493 g/mol. The highest BCUT2D eigenvalue weighted by Gasteiger charge is 2.64. The lowest BCUT2D eigenvalue weighted by molar-refractivity contribution is -0.177. The van der Waals surface area contributed by atoms with Crippen LogP contribution in [0.25, 0.3) is 0 Å². The smallest absolute Gasteiger partial charge is 0.306 e. The van der Waals surface area contributed by atoms with E-state index in [1.165, 1.54) is 14.0 Å². The van der Waals surface area contributed by atoms with Crippen LogP contribution < -0.4 is 0 Å². The van der Waals surface area contributed by atoms with Gasteiger partial charge in [-0.3, -0.25) is 19.2 Å². The van der Waals surface area contributed by atoms with Crippen molar-refractivity contribution in [2.75, 3.05) is 13.7 Å². The van der Waals surface area contributed by atoms with Gasteiger partial charge >= 0.3 is 23.9 Å². The van der Waals surface area contributed by atoms with Gasteiger partial charge in [0, 0.05) is 43.9 Å². The molecule has 0 spiro atoms. The quantitative estimate of drug-likeness (QED) is 0.421. The first-order valence-corrected chi connectivity index (χ1v) is 13.1. The van der Waals surface area contributed by atoms with Gasteiger partial charge in [-0.1, -0.05) is 13.8 Å². The zero-order valence-corrected chi connectivity index (χ0v) is 21.7. The first-order valence-electron chi connectivity index (χ1n) is 13.1. The summed E-state index contributed by atoms with van der Waals surface area (Å²) >= 11 is 0. The van der Waals surface area contributed by atoms with Gasteiger partial charge in [0.2, 0.25) is 0 Å². The minimum atomic E-state index is -0.704. The van der Waals surface area contributed by atoms with Crippen molar-refractivity contribution in [1.29, 1.82) is 0 Å². The summed E-state index contributed by atoms with van der Waals surface area (Å²) < 4.78 is 22.5. The van der Waals surface area contributed by atoms with Crippen LogP contribution >= 0.6 is 0 Å². The average Bonchev–Trinajstić information content (AvgIpc) is 2.94. The zero-order chi connectivity index (χ0) is 25.5. The lowest BCUT2D eigenvalue weighted by Crippen LogP contribution is -2.55. The number of ether oxygens (including phenoxy) is 4. The standard InChI is InChI=1S/C27H40O8/c1-15(6-9-22(29)32-5)18-7-8-19-25-20(14-24(31)35-27(18,19)4)26(3)10-11-33-23(30)13-17(26)12-21(25)34-16(2)28/h15,17-21,25H,6-14H2,1-5H3/t15-,17-,18-,19+,20+,21-,25+,26+,27-/m1/s1. The summed E-state index contributed by atoms with van der Waals surface area (Å²) in [5.74, 6) is -0.848. The molecule has 4 fully saturated rings. The van der Waals surface area contributed by atoms with Crippen LogP contribution in [0.5, 0.6) is 0 Å². The zero-order valence-electron chi connectivity index (χ0n) is 21.7. The van der Waals surface area contributed by atoms with E-state index in [4.69, 9.17) is 18.9 Å². The van der Waals surface area contributed by atoms with E-state index in [2.05, 4.69) is 13.8 Å². The molecule has 0 bridgehead atoms. The Kier molecular flexibility index (Phi) is 7.22. The Hall–Kier alpha value is -2.12. The normalized spacial score (nSPS) is 41.6. The summed E-state index contributed by atoms with van der Waals surface area (Å²) in [6, 6.07) is 0. The van der Waals surface area contributed by atoms with Crippen LogP contribution in [0.3, 0.4) is 0 Å². The van der Waals surface area contributed by atoms with Gasteiger partial charge in [-0.25, -0.2) is 0 Å². The van der Waals surface area contributed by atoms with E-state index in [9.17, 15) is 19.2 Å². The van der Waals surface area contributed by atoms with Gasteiger partial charge in [0.25, 0.3) is 0 Å². The minimum absolute atomic E-state index is 0.0172. The second-order valence-corrected chi connectivity index (χ2v) is 11.7. The number of carbonyl (C=O) groups excluding carboxylic acids is 4. The molecule has 35 heavy (non-hydrogen) atoms. The summed E-state index contributed by atoms with van der Waals surface area (Å²) in [6.45, 7) is 8.12. The third kappa shape index (κ3) is 4.69. The van der Waals surface area contributed by atoms with E-state index in [-0.39, 0.29) is 83.7 Å². The number of hydrogen-bond donors (Lipinski definition) is 0. The SMILES string of the molecule is COC(=O)CC[C@@H](C)[C@H]1CC[C@H]2[C@@H]3[C@H](OC(C)=O)C[C@@H]4CC(=O)OCC[C@]4(C)[C@H]3CC(=O)O[C@]12C. The van der Waals surface area contributed by atoms with Crippen molar-refractivity contribution < 1.29 is 38.1 Å². The van der Waals surface area contributed by atoms with E-state index in [1.54, 1.807) is 0 Å². The molecule has 196 valence electrons. The lowest BCUT2D eigenvalue weighted by Gasteiger charge is -2.54. The molecule has 0 unspecified atom stereocenters. The molecule has 8 heteroatoms. The fourth-order valence-corrected chi connectivity index (χ4v) is 8.21. The highest BCUT2D eigenvalue weighted by molar-refractivity contribution is 5.72. The van der Waals surface area contributed by atoms with Crippen LogP contribution in [0.15, 0.2) is 0 Å². The van der Waals surface area contributed by atoms with Crippen LogP contribution in [0, 0.1) is 40.9 Å². The molecule has 2 aliphatic heterocycles. The van der Waals surface area contributed by atoms with Crippen molar-refractivity contribution >= 4 is 23.9 Å². The molecule has 2 aliphatic carbocycles. The molecule has 0 aromatic heterocycles. The number of cyclic esters (lactones) is 1. The van der Waals surface area contributed by atoms with E-state index >= 15 is 0 Å². The Labute approximate surface area is 207 Å². The predicted molar refractivity (Wildman–Crippen MR) is 125 cm³/mol. The Morgan fingerprint density at radius 1 is 1.11 bits per heavy atom. The van der Waals surface area contributed by atoms with Gasteiger partial charge in [0.05, 0.1) is 13.7 Å². The molecular weight excluding hydrogens is 452 g/mol. The van der Waals surface area contributed by atoms with Crippen LogP contribution in [0.4, 0.5) is 0 Å². The van der Waals surface area contributed by atoms with Crippen molar-refractivity contribution in [1.82, 2.24) is 0 Å². The molecule has 0 aromatic carbocycles. The maximum absolute atomic E-state index is 13.4. The van der Waals surface area contributed by atoms with Crippen molar-refractivity contribution in [2.45, 2.75) is 90.8 Å². The van der Waals surface area contributed by atoms with Crippen LogP contribution in [-0.4, -0.2) is 49.3 Å². The fraction of sp³-hybridized carbons (Fsp3) is 0.852. The molecule has 0 aromatic rings. The van der Waals surface area contributed by atoms with Gasteiger partial charge in [-0.2, -0.15) is 0 Å². The number of carbonyl (C=O) groups is 4. The Morgan fingerprint density at radius 3 is 2.54 bits per heavy atom. The van der Waals surface area contributed by atoms with Gasteiger partial charge in [-0.05, 0) is 62.2 Å². The summed E-state index contributed by atoms with van der Waals surface area (Å²) in [6.07, 6.45) is 4.19. The molecule has 0 amide bonds. The first kappa shape index (κ1) is 26.0. The largest absolute Gasteiger partial charge is 0.469 e. The highest BCUT2D eigenvalue weighted by atomic mass is 16.6. The summed E-state index contributed by atoms with van der Waals surface area (Å²) in [5.41, 5.74) is -0.989. The lowest BCUT2D eigenvalue weighted by atomic mass is 9.50. The molecule has 9 atom stereocenters. The summed E-state index contributed by atoms with van der Waals surface area (Å²) in [4.78, 5) is 49.6. The third-order valence-electron chi connectivity index (χ3n) is 9.99. The van der Waals surface area contributed by atoms with Crippen molar-refractivity contribution in [2.24, 2.45) is 40.9 Å². The molecule has 2 heterocycles. The Morgan fingerprint density at radius 2 is 1.86 bits per heavy atom. The second-order valence-electron chi connectivity index (χ2n) is 11.7. The number of rotatable bonds is 5. The fourth-order valence-electron chi connectivity index (χ4n) is 8.21. The predicted octanol–water partition coefficient (Wildman–Crippen LogP) is 3.83. The molecule has 8 nitrogen and oxygen atoms in total. The maximum Gasteiger partial charge on any atom is 0.306 e. The van der Waals surface area contributed by atoms with Gasteiger partial charge in [0.15, 0.2) is 0 Å². The molecule has 4 rings (SSSR count). The van der Waals surface area contributed by atoms with Crippen molar-refractivity contribution in [3.63, 3.8) is 0 Å². The number of fused-ring (bicyclic) bond motifs is 5. The molecule has 2 saturated heterocycles. The van der Waals surface area contributed by atoms with Gasteiger partial charge < -0.3 is 18.9 Å². The maximum atomic E-state index is 13.4. The van der Waals surface area contributed by atoms with E-state index in [1.807, 2.05) is 6.92 Å². The van der Waals surface area contributed by atoms with Crippen LogP contribution in [0.2, 0.25) is 0 Å². The Balaban J connectivity index is 1.70. The monoisotopic (exact) mass is 492 g/mol. The molecule has 2 saturated carbocycles. The molecule has 0 radical (unpaired) electrons. The Bertz CT molecular complexity index is 869. The van der Waals surface area contributed by atoms with Gasteiger partial charge in [0.1, 0.15) is 11.7 Å². The second kappa shape index (κ2) is 9.74. The molecule has 0 N–H and O–H groups in total.